The molecule has 0 aliphatic rings. The topological polar surface area (TPSA) is 53.0 Å². The average Bonchev–Trinajstić information content (AvgIpc) is 2.33. The highest BCUT2D eigenvalue weighted by Gasteiger charge is 2.15. The van der Waals surface area contributed by atoms with Gasteiger partial charge in [-0.05, 0) is 18.7 Å². The molecular formula is C12H16ClF2N3. The third-order valence-electron chi connectivity index (χ3n) is 2.58. The minimum Gasteiger partial charge on any atom is -0.329 e. The third-order valence-corrected chi connectivity index (χ3v) is 2.58. The Morgan fingerprint density at radius 3 is 2.56 bits per heavy atom. The molecule has 1 rings (SSSR count). The zero-order valence-electron chi connectivity index (χ0n) is 10.1. The summed E-state index contributed by atoms with van der Waals surface area (Å²) in [6, 6.07) is 3.97. The van der Waals surface area contributed by atoms with E-state index in [0.29, 0.717) is 19.6 Å². The molecule has 0 bridgehead atoms. The summed E-state index contributed by atoms with van der Waals surface area (Å²) in [5, 5.41) is 8.68. The van der Waals surface area contributed by atoms with Crippen LogP contribution in [-0.2, 0) is 6.54 Å². The van der Waals surface area contributed by atoms with Crippen molar-refractivity contribution in [1.82, 2.24) is 4.90 Å². The van der Waals surface area contributed by atoms with E-state index in [0.717, 1.165) is 12.1 Å². The van der Waals surface area contributed by atoms with E-state index in [2.05, 4.69) is 0 Å². The largest absolute Gasteiger partial charge is 0.329 e. The third kappa shape index (κ3) is 3.91. The first-order valence-electron chi connectivity index (χ1n) is 5.43. The molecule has 1 aromatic carbocycles. The summed E-state index contributed by atoms with van der Waals surface area (Å²) in [5.41, 5.74) is 5.21. The molecule has 0 fully saturated rings. The van der Waals surface area contributed by atoms with E-state index in [4.69, 9.17) is 11.0 Å². The Morgan fingerprint density at radius 2 is 2.06 bits per heavy atom. The maximum Gasteiger partial charge on any atom is 0.148 e. The van der Waals surface area contributed by atoms with Crippen LogP contribution in [0.4, 0.5) is 8.78 Å². The van der Waals surface area contributed by atoms with E-state index in [1.165, 1.54) is 0 Å². The van der Waals surface area contributed by atoms with Gasteiger partial charge in [0.1, 0.15) is 17.7 Å². The van der Waals surface area contributed by atoms with Gasteiger partial charge in [-0.3, -0.25) is 4.90 Å². The van der Waals surface area contributed by atoms with Crippen LogP contribution in [0.15, 0.2) is 12.1 Å². The summed E-state index contributed by atoms with van der Waals surface area (Å²) in [5.74, 6) is -1.40. The van der Waals surface area contributed by atoms with Crippen LogP contribution in [0.1, 0.15) is 18.1 Å². The summed E-state index contributed by atoms with van der Waals surface area (Å²) in [6.07, 6.45) is 0. The molecule has 0 radical (unpaired) electrons. The number of nitrogens with zero attached hydrogens (tertiary/aromatic N) is 2. The molecule has 100 valence electrons. The molecule has 0 aliphatic heterocycles. The monoisotopic (exact) mass is 275 g/mol. The SMILES string of the molecule is CCN(CCN)Cc1c(F)ccc(C#N)c1F.Cl. The summed E-state index contributed by atoms with van der Waals surface area (Å²) < 4.78 is 27.2. The summed E-state index contributed by atoms with van der Waals surface area (Å²) in [6.45, 7) is 3.65. The lowest BCUT2D eigenvalue weighted by molar-refractivity contribution is 0.278. The van der Waals surface area contributed by atoms with Crippen LogP contribution >= 0.6 is 12.4 Å². The first kappa shape index (κ1) is 16.8. The number of rotatable bonds is 5. The number of hydrogen-bond donors (Lipinski definition) is 1. The van der Waals surface area contributed by atoms with Crippen LogP contribution < -0.4 is 5.73 Å². The fourth-order valence-electron chi connectivity index (χ4n) is 1.58. The lowest BCUT2D eigenvalue weighted by Gasteiger charge is -2.20. The Morgan fingerprint density at radius 1 is 1.39 bits per heavy atom. The van der Waals surface area contributed by atoms with Gasteiger partial charge in [0.05, 0.1) is 5.56 Å². The highest BCUT2D eigenvalue weighted by molar-refractivity contribution is 5.85. The molecule has 0 saturated carbocycles. The molecule has 0 aromatic heterocycles. The molecule has 0 heterocycles. The van der Waals surface area contributed by atoms with Gasteiger partial charge in [-0.25, -0.2) is 8.78 Å². The molecule has 0 unspecified atom stereocenters. The first-order chi connectivity index (χ1) is 8.13. The van der Waals surface area contributed by atoms with Gasteiger partial charge in [-0.2, -0.15) is 5.26 Å². The second-order valence-corrected chi connectivity index (χ2v) is 3.66. The maximum absolute atomic E-state index is 13.8. The van der Waals surface area contributed by atoms with Crippen LogP contribution in [0.2, 0.25) is 0 Å². The summed E-state index contributed by atoms with van der Waals surface area (Å²) in [7, 11) is 0. The molecule has 18 heavy (non-hydrogen) atoms. The standard InChI is InChI=1S/C12H15F2N3.ClH/c1-2-17(6-5-15)8-10-11(13)4-3-9(7-16)12(10)14;/h3-4H,2,5-6,8,15H2,1H3;1H. The van der Waals surface area contributed by atoms with Gasteiger partial charge < -0.3 is 5.73 Å². The zero-order valence-corrected chi connectivity index (χ0v) is 10.9. The Kier molecular flexibility index (Phi) is 7.44. The van der Waals surface area contributed by atoms with E-state index < -0.39 is 11.6 Å². The fourth-order valence-corrected chi connectivity index (χ4v) is 1.58. The van der Waals surface area contributed by atoms with Crippen molar-refractivity contribution < 1.29 is 8.78 Å². The van der Waals surface area contributed by atoms with Gasteiger partial charge >= 0.3 is 0 Å². The van der Waals surface area contributed by atoms with Gasteiger partial charge in [0.25, 0.3) is 0 Å². The number of halogens is 3. The molecule has 0 atom stereocenters. The smallest absolute Gasteiger partial charge is 0.148 e. The summed E-state index contributed by atoms with van der Waals surface area (Å²) in [4.78, 5) is 1.82. The zero-order chi connectivity index (χ0) is 12.8. The number of nitrogens with two attached hydrogens (primary N) is 1. The predicted molar refractivity (Wildman–Crippen MR) is 68.3 cm³/mol. The van der Waals surface area contributed by atoms with Crippen LogP contribution in [-0.4, -0.2) is 24.5 Å². The van der Waals surface area contributed by atoms with Crippen molar-refractivity contribution in [3.8, 4) is 6.07 Å². The Balaban J connectivity index is 0.00000289. The Hall–Kier alpha value is -1.22. The molecule has 1 aromatic rings. The number of nitriles is 1. The first-order valence-corrected chi connectivity index (χ1v) is 5.43. The summed E-state index contributed by atoms with van der Waals surface area (Å²) >= 11 is 0. The van der Waals surface area contributed by atoms with Crippen molar-refractivity contribution in [1.29, 1.82) is 5.26 Å². The van der Waals surface area contributed by atoms with Gasteiger partial charge in [0.15, 0.2) is 0 Å². The van der Waals surface area contributed by atoms with E-state index in [1.54, 1.807) is 6.07 Å². The normalized spacial score (nSPS) is 10.0. The quantitative estimate of drug-likeness (QED) is 0.895. The Bertz CT molecular complexity index is 432. The highest BCUT2D eigenvalue weighted by Crippen LogP contribution is 2.18. The predicted octanol–water partition coefficient (Wildman–Crippen LogP) is 2.04. The molecular weight excluding hydrogens is 260 g/mol. The van der Waals surface area contributed by atoms with E-state index >= 15 is 0 Å². The number of likely N-dealkylation sites (N-methyl/N-ethyl adjacent to an activating group) is 1. The van der Waals surface area contributed by atoms with Crippen LogP contribution in [0.3, 0.4) is 0 Å². The van der Waals surface area contributed by atoms with Crippen LogP contribution in [0.5, 0.6) is 0 Å². The molecule has 0 amide bonds. The van der Waals surface area contributed by atoms with Crippen molar-refractivity contribution in [3.05, 3.63) is 34.9 Å². The number of benzene rings is 1. The van der Waals surface area contributed by atoms with E-state index in [-0.39, 0.29) is 30.1 Å². The minimum atomic E-state index is -0.775. The average molecular weight is 276 g/mol. The minimum absolute atomic E-state index is 0. The van der Waals surface area contributed by atoms with Crippen LogP contribution in [0.25, 0.3) is 0 Å². The van der Waals surface area contributed by atoms with Crippen molar-refractivity contribution in [2.24, 2.45) is 5.73 Å². The molecule has 3 nitrogen and oxygen atoms in total. The van der Waals surface area contributed by atoms with Crippen molar-refractivity contribution in [2.75, 3.05) is 19.6 Å². The second kappa shape index (κ2) is 7.98. The van der Waals surface area contributed by atoms with E-state index in [1.807, 2.05) is 11.8 Å². The second-order valence-electron chi connectivity index (χ2n) is 3.66. The molecule has 6 heteroatoms. The highest BCUT2D eigenvalue weighted by atomic mass is 35.5. The number of hydrogen-bond acceptors (Lipinski definition) is 3. The van der Waals surface area contributed by atoms with Crippen molar-refractivity contribution in [3.63, 3.8) is 0 Å². The van der Waals surface area contributed by atoms with Crippen molar-refractivity contribution in [2.45, 2.75) is 13.5 Å². The maximum atomic E-state index is 13.8. The van der Waals surface area contributed by atoms with Crippen LogP contribution in [0, 0.1) is 23.0 Å². The van der Waals surface area contributed by atoms with Gasteiger partial charge in [-0.15, -0.1) is 12.4 Å². The lowest BCUT2D eigenvalue weighted by Crippen LogP contribution is -2.29. The van der Waals surface area contributed by atoms with Gasteiger partial charge in [-0.1, -0.05) is 6.92 Å². The van der Waals surface area contributed by atoms with Gasteiger partial charge in [0, 0.05) is 25.2 Å². The van der Waals surface area contributed by atoms with Gasteiger partial charge in [0.2, 0.25) is 0 Å². The molecule has 0 spiro atoms. The van der Waals surface area contributed by atoms with Crippen molar-refractivity contribution >= 4 is 12.4 Å². The Labute approximate surface area is 112 Å². The van der Waals surface area contributed by atoms with E-state index in [9.17, 15) is 8.78 Å². The lowest BCUT2D eigenvalue weighted by atomic mass is 10.1. The molecule has 2 N–H and O–H groups in total. The fraction of sp³-hybridized carbons (Fsp3) is 0.417. The molecule has 0 saturated heterocycles. The molecule has 0 aliphatic carbocycles.